The van der Waals surface area contributed by atoms with Crippen molar-refractivity contribution in [3.05, 3.63) is 18.2 Å². The molecule has 0 fully saturated rings. The summed E-state index contributed by atoms with van der Waals surface area (Å²) >= 11 is 1.43. The molecule has 1 atom stereocenters. The maximum Gasteiger partial charge on any atom is 0.241 e. The van der Waals surface area contributed by atoms with Crippen LogP contribution in [0.5, 0.6) is 0 Å². The molecule has 1 amide bonds. The summed E-state index contributed by atoms with van der Waals surface area (Å²) in [5, 5.41) is 2.58. The highest BCUT2D eigenvalue weighted by Gasteiger charge is 2.28. The van der Waals surface area contributed by atoms with Gasteiger partial charge in [-0.1, -0.05) is 6.92 Å². The molecule has 5 nitrogen and oxygen atoms in total. The highest BCUT2D eigenvalue weighted by Crippen LogP contribution is 2.36. The first-order valence-electron chi connectivity index (χ1n) is 6.80. The quantitative estimate of drug-likeness (QED) is 0.891. The molecule has 0 unspecified atom stereocenters. The number of thioether (sulfide) groups is 1. The number of carbonyl (C=O) groups is 1. The predicted octanol–water partition coefficient (Wildman–Crippen LogP) is 2.59. The van der Waals surface area contributed by atoms with Gasteiger partial charge in [-0.05, 0) is 45.4 Å². The summed E-state index contributed by atoms with van der Waals surface area (Å²) in [6.45, 7) is 7.41. The molecule has 0 spiro atoms. The Bertz CT molecular complexity index is 669. The van der Waals surface area contributed by atoms with Gasteiger partial charge in [0.25, 0.3) is 0 Å². The Balaban J connectivity index is 2.34. The van der Waals surface area contributed by atoms with E-state index in [0.717, 1.165) is 4.90 Å². The van der Waals surface area contributed by atoms with Crippen LogP contribution in [0.15, 0.2) is 28.0 Å². The summed E-state index contributed by atoms with van der Waals surface area (Å²) in [6.07, 6.45) is 0.682. The number of benzene rings is 1. The summed E-state index contributed by atoms with van der Waals surface area (Å²) in [4.78, 5) is 12.7. The van der Waals surface area contributed by atoms with Gasteiger partial charge in [-0.15, -0.1) is 11.8 Å². The number of sulfonamides is 1. The Labute approximate surface area is 129 Å². The molecule has 0 radical (unpaired) electrons. The minimum Gasteiger partial charge on any atom is -0.324 e. The van der Waals surface area contributed by atoms with Crippen LogP contribution in [0.4, 0.5) is 5.69 Å². The van der Waals surface area contributed by atoms with Crippen molar-refractivity contribution in [2.24, 2.45) is 0 Å². The average Bonchev–Trinajstić information content (AvgIpc) is 2.38. The monoisotopic (exact) mass is 328 g/mol. The van der Waals surface area contributed by atoms with Crippen LogP contribution in [-0.2, 0) is 14.8 Å². The molecule has 0 aliphatic carbocycles. The van der Waals surface area contributed by atoms with E-state index < -0.39 is 15.6 Å². The normalized spacial score (nSPS) is 19.0. The number of rotatable bonds is 4. The SMILES string of the molecule is CCC(C)(C)NS(=O)(=O)c1ccc2c(c1)NC(=O)[C@@H](C)S2. The molecule has 2 N–H and O–H groups in total. The maximum absolute atomic E-state index is 12.4. The minimum absolute atomic E-state index is 0.108. The lowest BCUT2D eigenvalue weighted by molar-refractivity contribution is -0.115. The molecule has 116 valence electrons. The van der Waals surface area contributed by atoms with Crippen molar-refractivity contribution < 1.29 is 13.2 Å². The number of fused-ring (bicyclic) bond motifs is 1. The Morgan fingerprint density at radius 2 is 2.05 bits per heavy atom. The van der Waals surface area contributed by atoms with E-state index in [4.69, 9.17) is 0 Å². The molecule has 1 aromatic carbocycles. The lowest BCUT2D eigenvalue weighted by Gasteiger charge is -2.25. The Hall–Kier alpha value is -1.05. The summed E-state index contributed by atoms with van der Waals surface area (Å²) < 4.78 is 27.5. The number of hydrogen-bond donors (Lipinski definition) is 2. The minimum atomic E-state index is -3.61. The van der Waals surface area contributed by atoms with Crippen LogP contribution in [-0.4, -0.2) is 25.1 Å². The lowest BCUT2D eigenvalue weighted by atomic mass is 10.0. The van der Waals surface area contributed by atoms with Gasteiger partial charge in [-0.25, -0.2) is 13.1 Å². The van der Waals surface area contributed by atoms with E-state index in [2.05, 4.69) is 10.0 Å². The Morgan fingerprint density at radius 1 is 1.38 bits per heavy atom. The second kappa shape index (κ2) is 5.62. The molecule has 0 aromatic heterocycles. The summed E-state index contributed by atoms with van der Waals surface area (Å²) in [5.41, 5.74) is 0.0432. The number of nitrogens with one attached hydrogen (secondary N) is 2. The third kappa shape index (κ3) is 3.59. The molecule has 1 aliphatic heterocycles. The highest BCUT2D eigenvalue weighted by atomic mass is 32.2. The smallest absolute Gasteiger partial charge is 0.241 e. The first-order chi connectivity index (χ1) is 9.64. The molecule has 0 saturated heterocycles. The van der Waals surface area contributed by atoms with E-state index in [1.807, 2.05) is 27.7 Å². The second-order valence-electron chi connectivity index (χ2n) is 5.75. The zero-order chi connectivity index (χ0) is 15.8. The molecule has 0 bridgehead atoms. The highest BCUT2D eigenvalue weighted by molar-refractivity contribution is 8.01. The van der Waals surface area contributed by atoms with Crippen molar-refractivity contribution in [3.8, 4) is 0 Å². The van der Waals surface area contributed by atoms with Gasteiger partial charge < -0.3 is 5.32 Å². The fraction of sp³-hybridized carbons (Fsp3) is 0.500. The molecule has 1 heterocycles. The number of hydrogen-bond acceptors (Lipinski definition) is 4. The predicted molar refractivity (Wildman–Crippen MR) is 85.1 cm³/mol. The van der Waals surface area contributed by atoms with E-state index in [1.54, 1.807) is 12.1 Å². The zero-order valence-electron chi connectivity index (χ0n) is 12.6. The first-order valence-corrected chi connectivity index (χ1v) is 9.16. The van der Waals surface area contributed by atoms with Crippen molar-refractivity contribution in [2.75, 3.05) is 5.32 Å². The van der Waals surface area contributed by atoms with Crippen LogP contribution >= 0.6 is 11.8 Å². The van der Waals surface area contributed by atoms with E-state index >= 15 is 0 Å². The fourth-order valence-corrected chi connectivity index (χ4v) is 4.29. The van der Waals surface area contributed by atoms with Crippen molar-refractivity contribution in [2.45, 2.75) is 54.7 Å². The van der Waals surface area contributed by atoms with Gasteiger partial charge in [0.2, 0.25) is 15.9 Å². The second-order valence-corrected chi connectivity index (χ2v) is 8.82. The fourth-order valence-electron chi connectivity index (χ4n) is 1.85. The standard InChI is InChI=1S/C14H20N2O3S2/c1-5-14(3,4)16-21(18,19)10-6-7-12-11(8-10)15-13(17)9(2)20-12/h6-9,16H,5H2,1-4H3,(H,15,17)/t9-/m1/s1. The van der Waals surface area contributed by atoms with Gasteiger partial charge >= 0.3 is 0 Å². The first kappa shape index (κ1) is 16.3. The number of carbonyl (C=O) groups excluding carboxylic acids is 1. The van der Waals surface area contributed by atoms with Crippen LogP contribution in [0.3, 0.4) is 0 Å². The molecule has 1 aromatic rings. The van der Waals surface area contributed by atoms with Crippen LogP contribution in [0.2, 0.25) is 0 Å². The Morgan fingerprint density at radius 3 is 2.67 bits per heavy atom. The molecule has 1 aliphatic rings. The van der Waals surface area contributed by atoms with E-state index in [0.29, 0.717) is 12.1 Å². The third-order valence-electron chi connectivity index (χ3n) is 3.49. The van der Waals surface area contributed by atoms with Crippen LogP contribution in [0.1, 0.15) is 34.1 Å². The average molecular weight is 328 g/mol. The molecule has 7 heteroatoms. The van der Waals surface area contributed by atoms with Gasteiger partial charge in [0.15, 0.2) is 0 Å². The van der Waals surface area contributed by atoms with Crippen molar-refractivity contribution in [1.29, 1.82) is 0 Å². The van der Waals surface area contributed by atoms with Crippen molar-refractivity contribution in [3.63, 3.8) is 0 Å². The largest absolute Gasteiger partial charge is 0.324 e. The van der Waals surface area contributed by atoms with Crippen LogP contribution < -0.4 is 10.0 Å². The molecule has 0 saturated carbocycles. The molecule has 2 rings (SSSR count). The van der Waals surface area contributed by atoms with E-state index in [-0.39, 0.29) is 16.1 Å². The van der Waals surface area contributed by atoms with Gasteiger partial charge in [0, 0.05) is 10.4 Å². The summed E-state index contributed by atoms with van der Waals surface area (Å²) in [7, 11) is -3.61. The van der Waals surface area contributed by atoms with Gasteiger partial charge in [-0.2, -0.15) is 0 Å². The number of anilines is 1. The van der Waals surface area contributed by atoms with Gasteiger partial charge in [-0.3, -0.25) is 4.79 Å². The van der Waals surface area contributed by atoms with Gasteiger partial charge in [0.05, 0.1) is 15.8 Å². The third-order valence-corrected chi connectivity index (χ3v) is 6.36. The van der Waals surface area contributed by atoms with E-state index in [9.17, 15) is 13.2 Å². The van der Waals surface area contributed by atoms with Crippen molar-refractivity contribution in [1.82, 2.24) is 4.72 Å². The molecule has 21 heavy (non-hydrogen) atoms. The summed E-state index contributed by atoms with van der Waals surface area (Å²) in [5.74, 6) is -0.108. The van der Waals surface area contributed by atoms with Gasteiger partial charge in [0.1, 0.15) is 0 Å². The topological polar surface area (TPSA) is 75.3 Å². The van der Waals surface area contributed by atoms with Crippen molar-refractivity contribution >= 4 is 33.4 Å². The zero-order valence-corrected chi connectivity index (χ0v) is 14.2. The van der Waals surface area contributed by atoms with E-state index in [1.165, 1.54) is 17.8 Å². The van der Waals surface area contributed by atoms with Crippen LogP contribution in [0.25, 0.3) is 0 Å². The van der Waals surface area contributed by atoms with Crippen LogP contribution in [0, 0.1) is 0 Å². The lowest BCUT2D eigenvalue weighted by Crippen LogP contribution is -2.42. The summed E-state index contributed by atoms with van der Waals surface area (Å²) in [6, 6.07) is 4.83. The maximum atomic E-state index is 12.4. The molecular weight excluding hydrogens is 308 g/mol. The number of amides is 1. The molecular formula is C14H20N2O3S2. The Kier molecular flexibility index (Phi) is 4.37.